The van der Waals surface area contributed by atoms with E-state index in [1.165, 1.54) is 0 Å². The Balaban J connectivity index is 3.49. The van der Waals surface area contributed by atoms with E-state index in [1.54, 1.807) is 13.1 Å². The molecule has 0 radical (unpaired) electrons. The summed E-state index contributed by atoms with van der Waals surface area (Å²) in [6.07, 6.45) is 1.69. The van der Waals surface area contributed by atoms with E-state index in [0.717, 1.165) is 5.71 Å². The quantitative estimate of drug-likeness (QED) is 0.400. The van der Waals surface area contributed by atoms with Crippen molar-refractivity contribution in [3.63, 3.8) is 0 Å². The van der Waals surface area contributed by atoms with Gasteiger partial charge in [-0.15, -0.1) is 0 Å². The molecular formula is C5H10N2. The average Bonchev–Trinajstić information content (AvgIpc) is 1.68. The molecule has 0 aromatic rings. The molecule has 0 saturated heterocycles. The van der Waals surface area contributed by atoms with Gasteiger partial charge in [-0.2, -0.15) is 5.10 Å². The molecular weight excluding hydrogens is 88.1 g/mol. The molecule has 0 amide bonds. The third-order valence-corrected chi connectivity index (χ3v) is 0.584. The van der Waals surface area contributed by atoms with E-state index in [2.05, 4.69) is 17.1 Å². The van der Waals surface area contributed by atoms with Gasteiger partial charge in [0.2, 0.25) is 0 Å². The van der Waals surface area contributed by atoms with Crippen LogP contribution in [0.3, 0.4) is 0 Å². The van der Waals surface area contributed by atoms with Crippen LogP contribution in [0.15, 0.2) is 17.8 Å². The maximum absolute atomic E-state index is 3.79. The molecule has 0 aliphatic rings. The van der Waals surface area contributed by atoms with Crippen LogP contribution in [-0.2, 0) is 0 Å². The highest BCUT2D eigenvalue weighted by molar-refractivity contribution is 5.91. The highest BCUT2D eigenvalue weighted by atomic mass is 15.3. The lowest BCUT2D eigenvalue weighted by molar-refractivity contribution is 0.901. The van der Waals surface area contributed by atoms with Crippen LogP contribution in [-0.4, -0.2) is 12.8 Å². The molecule has 0 atom stereocenters. The van der Waals surface area contributed by atoms with E-state index in [4.69, 9.17) is 0 Å². The number of rotatable bonds is 2. The maximum atomic E-state index is 3.79. The van der Waals surface area contributed by atoms with Crippen molar-refractivity contribution < 1.29 is 0 Å². The summed E-state index contributed by atoms with van der Waals surface area (Å²) in [6.45, 7) is 5.39. The molecule has 0 aromatic heterocycles. The van der Waals surface area contributed by atoms with Crippen LogP contribution >= 0.6 is 0 Å². The second kappa shape index (κ2) is 3.40. The molecule has 0 heterocycles. The smallest absolute Gasteiger partial charge is 0.0566 e. The highest BCUT2D eigenvalue weighted by Crippen LogP contribution is 1.70. The van der Waals surface area contributed by atoms with Crippen molar-refractivity contribution in [3.8, 4) is 0 Å². The van der Waals surface area contributed by atoms with E-state index in [0.29, 0.717) is 0 Å². The minimum Gasteiger partial charge on any atom is -0.313 e. The van der Waals surface area contributed by atoms with Gasteiger partial charge in [0, 0.05) is 7.05 Å². The molecule has 2 heteroatoms. The third kappa shape index (κ3) is 3.03. The molecule has 0 rings (SSSR count). The number of hydrogen-bond acceptors (Lipinski definition) is 2. The minimum absolute atomic E-state index is 0.905. The van der Waals surface area contributed by atoms with Crippen LogP contribution in [0.4, 0.5) is 0 Å². The summed E-state index contributed by atoms with van der Waals surface area (Å²) in [6, 6.07) is 0. The van der Waals surface area contributed by atoms with Crippen molar-refractivity contribution in [2.45, 2.75) is 6.92 Å². The lowest BCUT2D eigenvalue weighted by Crippen LogP contribution is -1.97. The number of hydrazone groups is 1. The van der Waals surface area contributed by atoms with Crippen molar-refractivity contribution >= 4 is 5.71 Å². The maximum Gasteiger partial charge on any atom is 0.0566 e. The Hall–Kier alpha value is -0.790. The van der Waals surface area contributed by atoms with Gasteiger partial charge >= 0.3 is 0 Å². The Labute approximate surface area is 43.9 Å². The van der Waals surface area contributed by atoms with Crippen molar-refractivity contribution in [2.24, 2.45) is 5.10 Å². The van der Waals surface area contributed by atoms with Gasteiger partial charge in [0.15, 0.2) is 0 Å². The van der Waals surface area contributed by atoms with Crippen LogP contribution in [0.25, 0.3) is 0 Å². The molecule has 0 fully saturated rings. The summed E-state index contributed by atoms with van der Waals surface area (Å²) in [5, 5.41) is 3.79. The molecule has 40 valence electrons. The summed E-state index contributed by atoms with van der Waals surface area (Å²) in [4.78, 5) is 0. The third-order valence-electron chi connectivity index (χ3n) is 0.584. The van der Waals surface area contributed by atoms with Gasteiger partial charge in [0.1, 0.15) is 0 Å². The fraction of sp³-hybridized carbons (Fsp3) is 0.400. The van der Waals surface area contributed by atoms with Crippen LogP contribution in [0.1, 0.15) is 6.92 Å². The largest absolute Gasteiger partial charge is 0.313 e. The normalized spacial score (nSPS) is 10.9. The van der Waals surface area contributed by atoms with E-state index in [1.807, 2.05) is 6.92 Å². The highest BCUT2D eigenvalue weighted by Gasteiger charge is 1.72. The van der Waals surface area contributed by atoms with Gasteiger partial charge in [-0.05, 0) is 13.0 Å². The second-order valence-corrected chi connectivity index (χ2v) is 1.18. The lowest BCUT2D eigenvalue weighted by Gasteiger charge is -1.86. The molecule has 0 saturated carbocycles. The van der Waals surface area contributed by atoms with Crippen LogP contribution < -0.4 is 5.43 Å². The predicted molar refractivity (Wildman–Crippen MR) is 32.4 cm³/mol. The van der Waals surface area contributed by atoms with Gasteiger partial charge in [-0.1, -0.05) is 6.58 Å². The zero-order chi connectivity index (χ0) is 5.70. The molecule has 0 aliphatic heterocycles. The monoisotopic (exact) mass is 98.1 g/mol. The molecule has 2 nitrogen and oxygen atoms in total. The van der Waals surface area contributed by atoms with Gasteiger partial charge in [0.25, 0.3) is 0 Å². The zero-order valence-corrected chi connectivity index (χ0v) is 4.73. The first kappa shape index (κ1) is 6.21. The summed E-state index contributed by atoms with van der Waals surface area (Å²) < 4.78 is 0. The summed E-state index contributed by atoms with van der Waals surface area (Å²) in [5.74, 6) is 0. The van der Waals surface area contributed by atoms with E-state index < -0.39 is 0 Å². The SMILES string of the molecule is C=C/C(C)=N/NC. The van der Waals surface area contributed by atoms with E-state index in [-0.39, 0.29) is 0 Å². The van der Waals surface area contributed by atoms with Crippen molar-refractivity contribution in [1.82, 2.24) is 5.43 Å². The topological polar surface area (TPSA) is 24.4 Å². The fourth-order valence-electron chi connectivity index (χ4n) is 0.222. The van der Waals surface area contributed by atoms with E-state index in [9.17, 15) is 0 Å². The number of nitrogens with zero attached hydrogens (tertiary/aromatic N) is 1. The molecule has 0 aliphatic carbocycles. The first-order valence-corrected chi connectivity index (χ1v) is 2.14. The minimum atomic E-state index is 0.905. The van der Waals surface area contributed by atoms with Crippen LogP contribution in [0.2, 0.25) is 0 Å². The Morgan fingerprint density at radius 2 is 2.43 bits per heavy atom. The molecule has 1 N–H and O–H groups in total. The van der Waals surface area contributed by atoms with Crippen molar-refractivity contribution in [3.05, 3.63) is 12.7 Å². The molecule has 0 bridgehead atoms. The van der Waals surface area contributed by atoms with Gasteiger partial charge in [0.05, 0.1) is 5.71 Å². The fourth-order valence-corrected chi connectivity index (χ4v) is 0.222. The Kier molecular flexibility index (Phi) is 3.02. The Morgan fingerprint density at radius 1 is 1.86 bits per heavy atom. The van der Waals surface area contributed by atoms with Crippen LogP contribution in [0.5, 0.6) is 0 Å². The first-order valence-electron chi connectivity index (χ1n) is 2.14. The Morgan fingerprint density at radius 3 is 2.57 bits per heavy atom. The zero-order valence-electron chi connectivity index (χ0n) is 4.73. The number of nitrogens with one attached hydrogen (secondary N) is 1. The number of hydrogen-bond donors (Lipinski definition) is 1. The van der Waals surface area contributed by atoms with Crippen LogP contribution in [0, 0.1) is 0 Å². The van der Waals surface area contributed by atoms with Gasteiger partial charge in [-0.25, -0.2) is 0 Å². The van der Waals surface area contributed by atoms with Gasteiger partial charge in [-0.3, -0.25) is 0 Å². The van der Waals surface area contributed by atoms with Gasteiger partial charge < -0.3 is 5.43 Å². The molecule has 0 unspecified atom stereocenters. The molecule has 7 heavy (non-hydrogen) atoms. The van der Waals surface area contributed by atoms with Crippen molar-refractivity contribution in [1.29, 1.82) is 0 Å². The second-order valence-electron chi connectivity index (χ2n) is 1.18. The Bertz CT molecular complexity index is 84.1. The van der Waals surface area contributed by atoms with Crippen molar-refractivity contribution in [2.75, 3.05) is 7.05 Å². The summed E-state index contributed by atoms with van der Waals surface area (Å²) in [7, 11) is 1.76. The standard InChI is InChI=1S/C5H10N2/c1-4-5(2)7-6-3/h4,6H,1H2,2-3H3/b7-5+. The first-order chi connectivity index (χ1) is 3.31. The van der Waals surface area contributed by atoms with E-state index >= 15 is 0 Å². The average molecular weight is 98.1 g/mol. The molecule has 0 spiro atoms. The lowest BCUT2D eigenvalue weighted by atomic mass is 10.4. The summed E-state index contributed by atoms with van der Waals surface area (Å²) >= 11 is 0. The predicted octanol–water partition coefficient (Wildman–Crippen LogP) is 0.768. The number of allylic oxidation sites excluding steroid dienone is 1. The summed E-state index contributed by atoms with van der Waals surface area (Å²) in [5.41, 5.74) is 3.54. The molecule has 0 aromatic carbocycles.